The predicted molar refractivity (Wildman–Crippen MR) is 80.7 cm³/mol. The molecule has 0 fully saturated rings. The van der Waals surface area contributed by atoms with Gasteiger partial charge in [-0.15, -0.1) is 0 Å². The standard InChI is InChI=1S/C14H19N5O3/c1-9-4-16-19(6-9)11(3)5-15-12(20)8-18-7-10(2)13(21)17-14(18)22/h4,6-7,11H,5,8H2,1-3H3,(H,15,20)(H,17,21,22)/t11-/m1/s1. The molecule has 1 amide bonds. The number of aromatic nitrogens is 4. The molecule has 0 aliphatic rings. The molecule has 0 saturated heterocycles. The highest BCUT2D eigenvalue weighted by Gasteiger charge is 2.10. The normalized spacial score (nSPS) is 12.1. The second kappa shape index (κ2) is 6.42. The van der Waals surface area contributed by atoms with Gasteiger partial charge in [-0.25, -0.2) is 4.79 Å². The van der Waals surface area contributed by atoms with Gasteiger partial charge in [0.2, 0.25) is 5.91 Å². The zero-order chi connectivity index (χ0) is 16.3. The minimum atomic E-state index is -0.596. The summed E-state index contributed by atoms with van der Waals surface area (Å²) in [6.45, 7) is 5.72. The lowest BCUT2D eigenvalue weighted by atomic mass is 10.3. The molecule has 0 spiro atoms. The van der Waals surface area contributed by atoms with Crippen molar-refractivity contribution in [2.75, 3.05) is 6.54 Å². The van der Waals surface area contributed by atoms with Crippen molar-refractivity contribution in [2.24, 2.45) is 0 Å². The van der Waals surface area contributed by atoms with Crippen molar-refractivity contribution in [3.05, 3.63) is 50.6 Å². The van der Waals surface area contributed by atoms with E-state index in [-0.39, 0.29) is 18.5 Å². The SMILES string of the molecule is Cc1cnn([C@H](C)CNC(=O)Cn2cc(C)c(=O)[nH]c2=O)c1. The number of H-pyrrole nitrogens is 1. The first-order valence-electron chi connectivity index (χ1n) is 6.94. The van der Waals surface area contributed by atoms with Gasteiger partial charge >= 0.3 is 5.69 Å². The second-order valence-electron chi connectivity index (χ2n) is 5.35. The van der Waals surface area contributed by atoms with Gasteiger partial charge in [0.05, 0.1) is 12.2 Å². The highest BCUT2D eigenvalue weighted by Crippen LogP contribution is 2.04. The molecule has 8 nitrogen and oxygen atoms in total. The molecule has 0 bridgehead atoms. The Labute approximate surface area is 126 Å². The van der Waals surface area contributed by atoms with Crippen LogP contribution in [-0.4, -0.2) is 31.8 Å². The lowest BCUT2D eigenvalue weighted by Gasteiger charge is -2.13. The monoisotopic (exact) mass is 305 g/mol. The Bertz CT molecular complexity index is 786. The van der Waals surface area contributed by atoms with Crippen molar-refractivity contribution < 1.29 is 4.79 Å². The fraction of sp³-hybridized carbons (Fsp3) is 0.429. The average Bonchev–Trinajstić information content (AvgIpc) is 2.89. The summed E-state index contributed by atoms with van der Waals surface area (Å²) in [7, 11) is 0. The third-order valence-corrected chi connectivity index (χ3v) is 3.28. The number of hydrogen-bond donors (Lipinski definition) is 2. The van der Waals surface area contributed by atoms with E-state index in [9.17, 15) is 14.4 Å². The molecule has 2 aromatic rings. The zero-order valence-corrected chi connectivity index (χ0v) is 12.8. The van der Waals surface area contributed by atoms with Crippen LogP contribution in [0.25, 0.3) is 0 Å². The summed E-state index contributed by atoms with van der Waals surface area (Å²) >= 11 is 0. The van der Waals surface area contributed by atoms with E-state index in [1.807, 2.05) is 20.0 Å². The Hall–Kier alpha value is -2.64. The molecule has 22 heavy (non-hydrogen) atoms. The Morgan fingerprint density at radius 2 is 2.09 bits per heavy atom. The molecule has 118 valence electrons. The smallest absolute Gasteiger partial charge is 0.328 e. The van der Waals surface area contributed by atoms with Gasteiger partial charge in [-0.2, -0.15) is 5.10 Å². The molecule has 2 heterocycles. The van der Waals surface area contributed by atoms with Crippen molar-refractivity contribution in [2.45, 2.75) is 33.4 Å². The largest absolute Gasteiger partial charge is 0.352 e. The summed E-state index contributed by atoms with van der Waals surface area (Å²) in [6, 6.07) is 0.00619. The van der Waals surface area contributed by atoms with Gasteiger partial charge in [0, 0.05) is 24.5 Å². The molecule has 2 N–H and O–H groups in total. The van der Waals surface area contributed by atoms with Gasteiger partial charge in [0.25, 0.3) is 5.56 Å². The number of carbonyl (C=O) groups is 1. The average molecular weight is 305 g/mol. The highest BCUT2D eigenvalue weighted by atomic mass is 16.2. The van der Waals surface area contributed by atoms with Crippen LogP contribution in [-0.2, 0) is 11.3 Å². The summed E-state index contributed by atoms with van der Waals surface area (Å²) in [6.07, 6.45) is 5.02. The summed E-state index contributed by atoms with van der Waals surface area (Å²) < 4.78 is 2.95. The van der Waals surface area contributed by atoms with E-state index in [0.717, 1.165) is 5.56 Å². The maximum atomic E-state index is 11.9. The molecule has 2 rings (SSSR count). The fourth-order valence-corrected chi connectivity index (χ4v) is 1.98. The van der Waals surface area contributed by atoms with Crippen LogP contribution in [0, 0.1) is 13.8 Å². The van der Waals surface area contributed by atoms with E-state index in [1.54, 1.807) is 17.8 Å². The Balaban J connectivity index is 1.95. The first-order chi connectivity index (χ1) is 10.4. The van der Waals surface area contributed by atoms with Crippen LogP contribution in [0.3, 0.4) is 0 Å². The maximum Gasteiger partial charge on any atom is 0.328 e. The van der Waals surface area contributed by atoms with Crippen LogP contribution in [0.15, 0.2) is 28.2 Å². The topological polar surface area (TPSA) is 102 Å². The Morgan fingerprint density at radius 3 is 2.73 bits per heavy atom. The zero-order valence-electron chi connectivity index (χ0n) is 12.8. The molecule has 0 aromatic carbocycles. The van der Waals surface area contributed by atoms with Crippen molar-refractivity contribution >= 4 is 5.91 Å². The molecule has 8 heteroatoms. The Kier molecular flexibility index (Phi) is 4.59. The van der Waals surface area contributed by atoms with Gasteiger partial charge in [0.15, 0.2) is 0 Å². The lowest BCUT2D eigenvalue weighted by Crippen LogP contribution is -2.38. The maximum absolute atomic E-state index is 11.9. The van der Waals surface area contributed by atoms with Gasteiger partial charge in [-0.05, 0) is 26.3 Å². The first kappa shape index (κ1) is 15.7. The van der Waals surface area contributed by atoms with Crippen LogP contribution in [0.2, 0.25) is 0 Å². The van der Waals surface area contributed by atoms with Crippen molar-refractivity contribution in [1.29, 1.82) is 0 Å². The number of nitrogens with one attached hydrogen (secondary N) is 2. The highest BCUT2D eigenvalue weighted by molar-refractivity contribution is 5.75. The summed E-state index contributed by atoms with van der Waals surface area (Å²) in [5, 5.41) is 6.93. The molecular formula is C14H19N5O3. The lowest BCUT2D eigenvalue weighted by molar-refractivity contribution is -0.121. The number of nitrogens with zero attached hydrogens (tertiary/aromatic N) is 3. The van der Waals surface area contributed by atoms with E-state index >= 15 is 0 Å². The Morgan fingerprint density at radius 1 is 1.36 bits per heavy atom. The van der Waals surface area contributed by atoms with Crippen LogP contribution in [0.1, 0.15) is 24.1 Å². The number of aromatic amines is 1. The van der Waals surface area contributed by atoms with Crippen molar-refractivity contribution in [3.63, 3.8) is 0 Å². The van der Waals surface area contributed by atoms with Crippen LogP contribution >= 0.6 is 0 Å². The van der Waals surface area contributed by atoms with E-state index in [4.69, 9.17) is 0 Å². The van der Waals surface area contributed by atoms with Crippen LogP contribution < -0.4 is 16.6 Å². The molecule has 0 saturated carbocycles. The number of rotatable bonds is 5. The molecule has 2 aromatic heterocycles. The third-order valence-electron chi connectivity index (χ3n) is 3.28. The van der Waals surface area contributed by atoms with E-state index in [2.05, 4.69) is 15.4 Å². The van der Waals surface area contributed by atoms with E-state index in [0.29, 0.717) is 12.1 Å². The minimum Gasteiger partial charge on any atom is -0.352 e. The molecule has 0 unspecified atom stereocenters. The van der Waals surface area contributed by atoms with E-state index in [1.165, 1.54) is 10.8 Å². The number of carbonyl (C=O) groups excluding carboxylic acids is 1. The number of hydrogen-bond acceptors (Lipinski definition) is 4. The van der Waals surface area contributed by atoms with Gasteiger partial charge in [0.1, 0.15) is 6.54 Å². The van der Waals surface area contributed by atoms with E-state index < -0.39 is 11.2 Å². The second-order valence-corrected chi connectivity index (χ2v) is 5.35. The van der Waals surface area contributed by atoms with Crippen molar-refractivity contribution in [3.8, 4) is 0 Å². The molecule has 0 radical (unpaired) electrons. The number of amides is 1. The van der Waals surface area contributed by atoms with Gasteiger partial charge in [-0.1, -0.05) is 0 Å². The van der Waals surface area contributed by atoms with Crippen molar-refractivity contribution in [1.82, 2.24) is 24.6 Å². The predicted octanol–water partition coefficient (Wildman–Crippen LogP) is -0.273. The first-order valence-corrected chi connectivity index (χ1v) is 6.94. The van der Waals surface area contributed by atoms with Crippen LogP contribution in [0.4, 0.5) is 0 Å². The quantitative estimate of drug-likeness (QED) is 0.793. The fourth-order valence-electron chi connectivity index (χ4n) is 1.98. The summed E-state index contributed by atoms with van der Waals surface area (Å²) in [4.78, 5) is 36.9. The summed E-state index contributed by atoms with van der Waals surface area (Å²) in [5.41, 5.74) is 0.395. The third kappa shape index (κ3) is 3.72. The van der Waals surface area contributed by atoms with Gasteiger partial charge < -0.3 is 5.32 Å². The van der Waals surface area contributed by atoms with Gasteiger partial charge in [-0.3, -0.25) is 23.8 Å². The van der Waals surface area contributed by atoms with Crippen LogP contribution in [0.5, 0.6) is 0 Å². The minimum absolute atomic E-state index is 0.00619. The number of aryl methyl sites for hydroxylation is 2. The molecule has 0 aliphatic carbocycles. The molecule has 0 aliphatic heterocycles. The molecular weight excluding hydrogens is 286 g/mol. The summed E-state index contributed by atoms with van der Waals surface area (Å²) in [5.74, 6) is -0.302. The molecule has 1 atom stereocenters.